The molecule has 1 fully saturated rings. The van der Waals surface area contributed by atoms with Crippen LogP contribution in [0.2, 0.25) is 18.1 Å². The molecule has 0 bridgehead atoms. The molecular weight excluding hydrogens is 236 g/mol. The van der Waals surface area contributed by atoms with Gasteiger partial charge in [-0.25, -0.2) is 0 Å². The average Bonchev–Trinajstić information content (AvgIpc) is 2.57. The van der Waals surface area contributed by atoms with Crippen molar-refractivity contribution in [3.05, 3.63) is 0 Å². The van der Waals surface area contributed by atoms with Crippen molar-refractivity contribution in [2.45, 2.75) is 57.2 Å². The van der Waals surface area contributed by atoms with Gasteiger partial charge in [-0.3, -0.25) is 0 Å². The highest BCUT2D eigenvalue weighted by Crippen LogP contribution is 2.39. The Kier molecular flexibility index (Phi) is 4.52. The van der Waals surface area contributed by atoms with Crippen molar-refractivity contribution >= 4 is 14.6 Å². The van der Waals surface area contributed by atoms with Crippen LogP contribution in [0.4, 0.5) is 0 Å². The fourth-order valence-corrected chi connectivity index (χ4v) is 2.91. The van der Waals surface area contributed by atoms with Crippen molar-refractivity contribution in [1.29, 1.82) is 0 Å². The number of hydrogen-bond acceptors (Lipinski definition) is 4. The van der Waals surface area contributed by atoms with Crippen LogP contribution < -0.4 is 0 Å². The molecule has 1 saturated heterocycles. The second-order valence-corrected chi connectivity index (χ2v) is 10.8. The van der Waals surface area contributed by atoms with E-state index in [-0.39, 0.29) is 17.2 Å². The lowest BCUT2D eigenvalue weighted by Gasteiger charge is -2.39. The fourth-order valence-electron chi connectivity index (χ4n) is 1.59. The van der Waals surface area contributed by atoms with Gasteiger partial charge < -0.3 is 18.7 Å². The minimum absolute atomic E-state index is 0.112. The van der Waals surface area contributed by atoms with Gasteiger partial charge in [0, 0.05) is 7.11 Å². The standard InChI is InChI=1S/C12H24O4Si/c1-12(2,3)17(5,6)16-11-9(7-13)15-8-10(11)14-4/h7,9-11H,8H2,1-6H3/t9-,10+,11?/m1/s1. The largest absolute Gasteiger partial charge is 0.408 e. The third-order valence-corrected chi connectivity index (χ3v) is 8.29. The molecule has 1 aliphatic heterocycles. The van der Waals surface area contributed by atoms with Crippen molar-refractivity contribution in [3.8, 4) is 0 Å². The van der Waals surface area contributed by atoms with Crippen LogP contribution in [0.25, 0.3) is 0 Å². The zero-order valence-electron chi connectivity index (χ0n) is 11.6. The monoisotopic (exact) mass is 260 g/mol. The number of hydrogen-bond donors (Lipinski definition) is 0. The van der Waals surface area contributed by atoms with E-state index in [1.54, 1.807) is 7.11 Å². The van der Waals surface area contributed by atoms with E-state index in [1.165, 1.54) is 0 Å². The molecule has 0 radical (unpaired) electrons. The maximum absolute atomic E-state index is 11.0. The Bertz CT molecular complexity index is 272. The summed E-state index contributed by atoms with van der Waals surface area (Å²) in [7, 11) is -0.277. The molecule has 1 aliphatic rings. The molecule has 0 aliphatic carbocycles. The first kappa shape index (κ1) is 14.8. The van der Waals surface area contributed by atoms with Crippen LogP contribution in [0.3, 0.4) is 0 Å². The molecule has 1 heterocycles. The summed E-state index contributed by atoms with van der Waals surface area (Å²) in [5.74, 6) is 0. The van der Waals surface area contributed by atoms with Crippen LogP contribution in [-0.4, -0.2) is 46.6 Å². The predicted molar refractivity (Wildman–Crippen MR) is 68.7 cm³/mol. The zero-order chi connectivity index (χ0) is 13.3. The van der Waals surface area contributed by atoms with Gasteiger partial charge >= 0.3 is 0 Å². The fraction of sp³-hybridized carbons (Fsp3) is 0.917. The highest BCUT2D eigenvalue weighted by atomic mass is 28.4. The lowest BCUT2D eigenvalue weighted by Crippen LogP contribution is -2.49. The molecule has 1 unspecified atom stereocenters. The molecule has 0 N–H and O–H groups in total. The predicted octanol–water partition coefficient (Wildman–Crippen LogP) is 1.99. The van der Waals surface area contributed by atoms with Crippen molar-refractivity contribution in [3.63, 3.8) is 0 Å². The van der Waals surface area contributed by atoms with Crippen molar-refractivity contribution in [2.75, 3.05) is 13.7 Å². The third-order valence-electron chi connectivity index (χ3n) is 3.82. The Morgan fingerprint density at radius 1 is 1.35 bits per heavy atom. The Morgan fingerprint density at radius 2 is 1.94 bits per heavy atom. The molecule has 5 heteroatoms. The number of carbonyl (C=O) groups excluding carboxylic acids is 1. The Hall–Kier alpha value is -0.233. The number of carbonyl (C=O) groups is 1. The Labute approximate surface area is 105 Å². The molecule has 0 aromatic heterocycles. The van der Waals surface area contributed by atoms with Crippen LogP contribution in [-0.2, 0) is 18.7 Å². The maximum atomic E-state index is 11.0. The summed E-state index contributed by atoms with van der Waals surface area (Å²) in [6.45, 7) is 11.3. The van der Waals surface area contributed by atoms with Crippen molar-refractivity contribution in [2.24, 2.45) is 0 Å². The average molecular weight is 260 g/mol. The van der Waals surface area contributed by atoms with Crippen LogP contribution in [0.15, 0.2) is 0 Å². The summed E-state index contributed by atoms with van der Waals surface area (Å²) in [6, 6.07) is 0. The van der Waals surface area contributed by atoms with E-state index in [4.69, 9.17) is 13.9 Å². The summed E-state index contributed by atoms with van der Waals surface area (Å²) in [5.41, 5.74) is 0. The van der Waals surface area contributed by atoms with E-state index in [9.17, 15) is 4.79 Å². The first-order valence-electron chi connectivity index (χ1n) is 6.00. The van der Waals surface area contributed by atoms with Gasteiger partial charge in [-0.05, 0) is 18.1 Å². The highest BCUT2D eigenvalue weighted by Gasteiger charge is 2.46. The van der Waals surface area contributed by atoms with E-state index in [0.29, 0.717) is 6.61 Å². The summed E-state index contributed by atoms with van der Waals surface area (Å²) in [6.07, 6.45) is -0.0802. The lowest BCUT2D eigenvalue weighted by molar-refractivity contribution is -0.118. The number of rotatable bonds is 4. The number of methoxy groups -OCH3 is 1. The molecule has 0 aromatic rings. The summed E-state index contributed by atoms with van der Waals surface area (Å²) < 4.78 is 16.9. The van der Waals surface area contributed by atoms with Gasteiger partial charge in [0.15, 0.2) is 14.6 Å². The van der Waals surface area contributed by atoms with Gasteiger partial charge in [0.25, 0.3) is 0 Å². The molecule has 17 heavy (non-hydrogen) atoms. The van der Waals surface area contributed by atoms with Gasteiger partial charge in [0.2, 0.25) is 0 Å². The van der Waals surface area contributed by atoms with Crippen LogP contribution in [0.1, 0.15) is 20.8 Å². The summed E-state index contributed by atoms with van der Waals surface area (Å²) >= 11 is 0. The maximum Gasteiger partial charge on any atom is 0.192 e. The van der Waals surface area contributed by atoms with E-state index >= 15 is 0 Å². The van der Waals surface area contributed by atoms with Gasteiger partial charge in [-0.1, -0.05) is 20.8 Å². The minimum Gasteiger partial charge on any atom is -0.408 e. The normalized spacial score (nSPS) is 30.6. The quantitative estimate of drug-likeness (QED) is 0.573. The van der Waals surface area contributed by atoms with E-state index in [2.05, 4.69) is 33.9 Å². The molecular formula is C12H24O4Si. The van der Waals surface area contributed by atoms with Gasteiger partial charge in [0.1, 0.15) is 18.3 Å². The van der Waals surface area contributed by atoms with Crippen LogP contribution in [0, 0.1) is 0 Å². The van der Waals surface area contributed by atoms with Gasteiger partial charge in [-0.15, -0.1) is 0 Å². The third kappa shape index (κ3) is 3.16. The molecule has 3 atom stereocenters. The highest BCUT2D eigenvalue weighted by molar-refractivity contribution is 6.74. The van der Waals surface area contributed by atoms with E-state index in [0.717, 1.165) is 6.29 Å². The molecule has 0 spiro atoms. The molecule has 0 amide bonds. The van der Waals surface area contributed by atoms with Crippen LogP contribution in [0.5, 0.6) is 0 Å². The van der Waals surface area contributed by atoms with Crippen LogP contribution >= 0.6 is 0 Å². The van der Waals surface area contributed by atoms with E-state index in [1.807, 2.05) is 0 Å². The second kappa shape index (κ2) is 5.18. The Balaban J connectivity index is 2.80. The molecule has 100 valence electrons. The number of aldehydes is 1. The van der Waals surface area contributed by atoms with E-state index < -0.39 is 14.4 Å². The second-order valence-electron chi connectivity index (χ2n) is 6.05. The Morgan fingerprint density at radius 3 is 2.35 bits per heavy atom. The first-order chi connectivity index (χ1) is 7.73. The minimum atomic E-state index is -1.90. The van der Waals surface area contributed by atoms with Gasteiger partial charge in [0.05, 0.1) is 6.61 Å². The SMILES string of the molecule is CO[C@H]1CO[C@H](C=O)C1O[Si](C)(C)C(C)(C)C. The van der Waals surface area contributed by atoms with Crippen molar-refractivity contribution in [1.82, 2.24) is 0 Å². The first-order valence-corrected chi connectivity index (χ1v) is 8.91. The molecule has 0 saturated carbocycles. The molecule has 1 rings (SSSR count). The zero-order valence-corrected chi connectivity index (χ0v) is 12.6. The summed E-state index contributed by atoms with van der Waals surface area (Å²) in [5, 5.41) is 0.112. The summed E-state index contributed by atoms with van der Waals surface area (Å²) in [4.78, 5) is 11.0. The molecule has 0 aromatic carbocycles. The van der Waals surface area contributed by atoms with Crippen molar-refractivity contribution < 1.29 is 18.7 Å². The topological polar surface area (TPSA) is 44.8 Å². The van der Waals surface area contributed by atoms with Gasteiger partial charge in [-0.2, -0.15) is 0 Å². The molecule has 4 nitrogen and oxygen atoms in total. The smallest absolute Gasteiger partial charge is 0.192 e. The lowest BCUT2D eigenvalue weighted by atomic mass is 10.2. The number of ether oxygens (including phenoxy) is 2.